The van der Waals surface area contributed by atoms with Gasteiger partial charge in [0.1, 0.15) is 0 Å². The van der Waals surface area contributed by atoms with Crippen LogP contribution in [0.5, 0.6) is 0 Å². The highest BCUT2D eigenvalue weighted by Gasteiger charge is 2.15. The molecule has 0 aliphatic heterocycles. The molecule has 0 saturated carbocycles. The SMILES string of the molecule is CN(c1ccccc1)C(C#N)Sc1ccccc1. The topological polar surface area (TPSA) is 27.0 Å². The van der Waals surface area contributed by atoms with Crippen LogP contribution in [0, 0.1) is 11.3 Å². The van der Waals surface area contributed by atoms with Gasteiger partial charge in [-0.1, -0.05) is 48.2 Å². The van der Waals surface area contributed by atoms with E-state index < -0.39 is 0 Å². The Balaban J connectivity index is 2.13. The van der Waals surface area contributed by atoms with E-state index in [0.717, 1.165) is 10.6 Å². The van der Waals surface area contributed by atoms with Crippen molar-refractivity contribution in [3.63, 3.8) is 0 Å². The van der Waals surface area contributed by atoms with E-state index in [9.17, 15) is 5.26 Å². The summed E-state index contributed by atoms with van der Waals surface area (Å²) in [6.07, 6.45) is 0. The summed E-state index contributed by atoms with van der Waals surface area (Å²) in [4.78, 5) is 3.09. The number of para-hydroxylation sites is 1. The summed E-state index contributed by atoms with van der Waals surface area (Å²) in [6.45, 7) is 0. The van der Waals surface area contributed by atoms with Crippen LogP contribution in [0.25, 0.3) is 0 Å². The van der Waals surface area contributed by atoms with E-state index in [1.165, 1.54) is 0 Å². The van der Waals surface area contributed by atoms with Crippen molar-refractivity contribution in [1.82, 2.24) is 0 Å². The third-order valence-corrected chi connectivity index (χ3v) is 3.81. The van der Waals surface area contributed by atoms with Gasteiger partial charge in [-0.25, -0.2) is 0 Å². The Kier molecular flexibility index (Phi) is 4.27. The van der Waals surface area contributed by atoms with Crippen LogP contribution in [0.1, 0.15) is 0 Å². The smallest absolute Gasteiger partial charge is 0.168 e. The number of rotatable bonds is 4. The van der Waals surface area contributed by atoms with Gasteiger partial charge in [0, 0.05) is 17.6 Å². The largest absolute Gasteiger partial charge is 0.350 e. The van der Waals surface area contributed by atoms with Crippen molar-refractivity contribution >= 4 is 17.4 Å². The number of thioether (sulfide) groups is 1. The van der Waals surface area contributed by atoms with Crippen molar-refractivity contribution in [2.75, 3.05) is 11.9 Å². The summed E-state index contributed by atoms with van der Waals surface area (Å²) < 4.78 is 0. The van der Waals surface area contributed by atoms with Crippen LogP contribution in [0.4, 0.5) is 5.69 Å². The van der Waals surface area contributed by atoms with E-state index >= 15 is 0 Å². The van der Waals surface area contributed by atoms with Crippen LogP contribution in [-0.4, -0.2) is 12.4 Å². The first-order chi connectivity index (χ1) is 8.81. The number of anilines is 1. The predicted octanol–water partition coefficient (Wildman–Crippen LogP) is 3.76. The maximum Gasteiger partial charge on any atom is 0.168 e. The molecule has 0 aliphatic rings. The molecule has 0 saturated heterocycles. The molecule has 2 aromatic carbocycles. The van der Waals surface area contributed by atoms with E-state index in [4.69, 9.17) is 0 Å². The van der Waals surface area contributed by atoms with Crippen LogP contribution < -0.4 is 4.90 Å². The van der Waals surface area contributed by atoms with Gasteiger partial charge in [0.05, 0.1) is 6.07 Å². The minimum atomic E-state index is -0.227. The number of nitriles is 1. The zero-order chi connectivity index (χ0) is 12.8. The highest BCUT2D eigenvalue weighted by molar-refractivity contribution is 8.00. The van der Waals surface area contributed by atoms with E-state index in [1.807, 2.05) is 72.6 Å². The minimum absolute atomic E-state index is 0.227. The summed E-state index contributed by atoms with van der Waals surface area (Å²) in [5.41, 5.74) is 1.05. The molecule has 2 rings (SSSR count). The minimum Gasteiger partial charge on any atom is -0.350 e. The molecule has 2 aromatic rings. The second-order valence-corrected chi connectivity index (χ2v) is 5.01. The van der Waals surface area contributed by atoms with Gasteiger partial charge in [-0.15, -0.1) is 0 Å². The van der Waals surface area contributed by atoms with Crippen molar-refractivity contribution in [1.29, 1.82) is 5.26 Å². The van der Waals surface area contributed by atoms with Gasteiger partial charge in [-0.3, -0.25) is 0 Å². The zero-order valence-electron chi connectivity index (χ0n) is 10.2. The van der Waals surface area contributed by atoms with Crippen LogP contribution in [-0.2, 0) is 0 Å². The van der Waals surface area contributed by atoms with Crippen molar-refractivity contribution < 1.29 is 0 Å². The lowest BCUT2D eigenvalue weighted by Gasteiger charge is -2.24. The molecule has 0 amide bonds. The molecular formula is C15H14N2S. The molecule has 1 atom stereocenters. The fourth-order valence-electron chi connectivity index (χ4n) is 1.62. The predicted molar refractivity (Wildman–Crippen MR) is 76.5 cm³/mol. The van der Waals surface area contributed by atoms with Crippen LogP contribution in [0.2, 0.25) is 0 Å². The molecule has 3 heteroatoms. The molecule has 90 valence electrons. The Bertz CT molecular complexity index is 519. The summed E-state index contributed by atoms with van der Waals surface area (Å²) in [5.74, 6) is 0. The number of benzene rings is 2. The average molecular weight is 254 g/mol. The summed E-state index contributed by atoms with van der Waals surface area (Å²) in [6, 6.07) is 22.3. The molecule has 0 aliphatic carbocycles. The van der Waals surface area contributed by atoms with Crippen LogP contribution >= 0.6 is 11.8 Å². The molecule has 1 unspecified atom stereocenters. The lowest BCUT2D eigenvalue weighted by atomic mass is 10.3. The molecule has 0 fully saturated rings. The second-order valence-electron chi connectivity index (χ2n) is 3.86. The fraction of sp³-hybridized carbons (Fsp3) is 0.133. The standard InChI is InChI=1S/C15H14N2S/c1-17(13-8-4-2-5-9-13)15(12-16)18-14-10-6-3-7-11-14/h2-11,15H,1H3. The molecule has 0 heterocycles. The van der Waals surface area contributed by atoms with Crippen molar-refractivity contribution in [3.05, 3.63) is 60.7 Å². The normalized spacial score (nSPS) is 11.6. The first-order valence-corrected chi connectivity index (χ1v) is 6.58. The number of nitrogens with zero attached hydrogens (tertiary/aromatic N) is 2. The Morgan fingerprint density at radius 3 is 2.11 bits per heavy atom. The molecule has 0 spiro atoms. The van der Waals surface area contributed by atoms with Crippen molar-refractivity contribution in [2.45, 2.75) is 10.3 Å². The quantitative estimate of drug-likeness (QED) is 0.614. The first-order valence-electron chi connectivity index (χ1n) is 5.70. The summed E-state index contributed by atoms with van der Waals surface area (Å²) in [5, 5.41) is 9.08. The van der Waals surface area contributed by atoms with E-state index in [2.05, 4.69) is 6.07 Å². The Hall–Kier alpha value is -1.92. The maximum atomic E-state index is 9.31. The van der Waals surface area contributed by atoms with Crippen LogP contribution in [0.15, 0.2) is 65.6 Å². The van der Waals surface area contributed by atoms with Gasteiger partial charge in [0.15, 0.2) is 5.37 Å². The van der Waals surface area contributed by atoms with Gasteiger partial charge in [-0.2, -0.15) is 5.26 Å². The van der Waals surface area contributed by atoms with E-state index in [-0.39, 0.29) is 5.37 Å². The monoisotopic (exact) mass is 254 g/mol. The van der Waals surface area contributed by atoms with Crippen molar-refractivity contribution in [2.24, 2.45) is 0 Å². The Morgan fingerprint density at radius 2 is 1.56 bits per heavy atom. The summed E-state index contributed by atoms with van der Waals surface area (Å²) in [7, 11) is 1.94. The molecule has 0 aromatic heterocycles. The van der Waals surface area contributed by atoms with Gasteiger partial charge in [0.2, 0.25) is 0 Å². The average Bonchev–Trinajstić information content (AvgIpc) is 2.46. The molecule has 2 nitrogen and oxygen atoms in total. The molecule has 0 bridgehead atoms. The lowest BCUT2D eigenvalue weighted by Crippen LogP contribution is -2.27. The third kappa shape index (κ3) is 3.06. The molecular weight excluding hydrogens is 240 g/mol. The number of hydrogen-bond donors (Lipinski definition) is 0. The lowest BCUT2D eigenvalue weighted by molar-refractivity contribution is 0.983. The molecule has 18 heavy (non-hydrogen) atoms. The third-order valence-electron chi connectivity index (χ3n) is 2.62. The van der Waals surface area contributed by atoms with Gasteiger partial charge in [0.25, 0.3) is 0 Å². The van der Waals surface area contributed by atoms with Crippen molar-refractivity contribution in [3.8, 4) is 6.07 Å². The second kappa shape index (κ2) is 6.13. The zero-order valence-corrected chi connectivity index (χ0v) is 11.0. The van der Waals surface area contributed by atoms with E-state index in [0.29, 0.717) is 0 Å². The van der Waals surface area contributed by atoms with Gasteiger partial charge < -0.3 is 4.90 Å². The molecule has 0 radical (unpaired) electrons. The van der Waals surface area contributed by atoms with E-state index in [1.54, 1.807) is 11.8 Å². The maximum absolute atomic E-state index is 9.31. The number of hydrogen-bond acceptors (Lipinski definition) is 3. The Labute approximate surface area is 112 Å². The fourth-order valence-corrected chi connectivity index (χ4v) is 2.52. The highest BCUT2D eigenvalue weighted by atomic mass is 32.2. The molecule has 0 N–H and O–H groups in total. The Morgan fingerprint density at radius 1 is 1.00 bits per heavy atom. The van der Waals surface area contributed by atoms with Gasteiger partial charge >= 0.3 is 0 Å². The first kappa shape index (κ1) is 12.5. The van der Waals surface area contributed by atoms with Crippen LogP contribution in [0.3, 0.4) is 0 Å². The highest BCUT2D eigenvalue weighted by Crippen LogP contribution is 2.27. The van der Waals surface area contributed by atoms with Gasteiger partial charge in [-0.05, 0) is 24.3 Å². The summed E-state index contributed by atoms with van der Waals surface area (Å²) >= 11 is 1.56.